The molecule has 2 aliphatic heterocycles. The molecule has 2 fully saturated rings. The average Bonchev–Trinajstić information content (AvgIpc) is 3.65. The molecule has 5 heterocycles. The maximum atomic E-state index is 13.6. The summed E-state index contributed by atoms with van der Waals surface area (Å²) in [7, 11) is 0. The van der Waals surface area contributed by atoms with Crippen LogP contribution in [0.1, 0.15) is 55.0 Å². The highest BCUT2D eigenvalue weighted by atomic mass is 32.1. The molecule has 9 nitrogen and oxygen atoms in total. The molecule has 3 aromatic heterocycles. The molecule has 2 saturated heterocycles. The number of anilines is 2. The number of thiazole rings is 2. The first kappa shape index (κ1) is 28.7. The van der Waals surface area contributed by atoms with Crippen LogP contribution in [0.4, 0.5) is 15.3 Å². The lowest BCUT2D eigenvalue weighted by Gasteiger charge is -2.32. The van der Waals surface area contributed by atoms with Crippen LogP contribution in [0.15, 0.2) is 30.5 Å². The molecule has 0 bridgehead atoms. The van der Waals surface area contributed by atoms with Crippen LogP contribution in [0.2, 0.25) is 0 Å². The molecule has 12 heteroatoms. The highest BCUT2D eigenvalue weighted by Crippen LogP contribution is 2.41. The molecule has 1 N–H and O–H groups in total. The van der Waals surface area contributed by atoms with Gasteiger partial charge in [0.05, 0.1) is 31.5 Å². The molecule has 0 unspecified atom stereocenters. The Balaban J connectivity index is 1.25. The number of imidazole rings is 1. The van der Waals surface area contributed by atoms with E-state index in [0.717, 1.165) is 48.8 Å². The summed E-state index contributed by atoms with van der Waals surface area (Å²) in [6.07, 6.45) is 4.97. The Kier molecular flexibility index (Phi) is 8.27. The summed E-state index contributed by atoms with van der Waals surface area (Å²) in [4.78, 5) is 29.4. The zero-order chi connectivity index (χ0) is 29.4. The number of piperidine rings is 1. The number of aromatic nitrogens is 3. The van der Waals surface area contributed by atoms with E-state index >= 15 is 0 Å². The Morgan fingerprint density at radius 2 is 1.95 bits per heavy atom. The van der Waals surface area contributed by atoms with Gasteiger partial charge in [-0.1, -0.05) is 18.3 Å². The lowest BCUT2D eigenvalue weighted by Crippen LogP contribution is -2.51. The highest BCUT2D eigenvalue weighted by molar-refractivity contribution is 7.17. The standard InChI is InChI=1S/C30H34FN7O2S2/c1-4-23-28(38(18(2)3)30-35-27(24(13-32)41-30)20-5-7-21(31)8-6-20)37-14-25(42-29(37)34-23)19-9-11-36(12-10-19)15-26(39)33-22-16-40-17-22/h5-8,14,18-19,22H,4,9-12,15-17H2,1-3H3,(H,33,39). The maximum Gasteiger partial charge on any atom is 0.234 e. The first-order valence-electron chi connectivity index (χ1n) is 14.4. The van der Waals surface area contributed by atoms with E-state index in [1.807, 2.05) is 0 Å². The number of halogens is 1. The number of amides is 1. The van der Waals surface area contributed by atoms with Gasteiger partial charge in [0.1, 0.15) is 28.3 Å². The number of aryl methyl sites for hydroxylation is 1. The van der Waals surface area contributed by atoms with Crippen LogP contribution in [0.5, 0.6) is 0 Å². The molecule has 0 spiro atoms. The van der Waals surface area contributed by atoms with E-state index in [4.69, 9.17) is 14.7 Å². The molecule has 0 radical (unpaired) electrons. The molecule has 0 aliphatic carbocycles. The molecule has 4 aromatic rings. The Morgan fingerprint density at radius 1 is 1.21 bits per heavy atom. The molecule has 1 aromatic carbocycles. The monoisotopic (exact) mass is 607 g/mol. The van der Waals surface area contributed by atoms with Crippen LogP contribution in [0.3, 0.4) is 0 Å². The van der Waals surface area contributed by atoms with Gasteiger partial charge in [0.15, 0.2) is 10.1 Å². The predicted molar refractivity (Wildman–Crippen MR) is 163 cm³/mol. The lowest BCUT2D eigenvalue weighted by molar-refractivity contribution is -0.126. The molecule has 220 valence electrons. The fourth-order valence-electron chi connectivity index (χ4n) is 5.60. The van der Waals surface area contributed by atoms with Crippen molar-refractivity contribution in [3.8, 4) is 17.3 Å². The summed E-state index contributed by atoms with van der Waals surface area (Å²) in [5.41, 5.74) is 2.26. The number of hydrogen-bond donors (Lipinski definition) is 1. The van der Waals surface area contributed by atoms with Crippen molar-refractivity contribution in [2.24, 2.45) is 0 Å². The summed E-state index contributed by atoms with van der Waals surface area (Å²) >= 11 is 3.08. The minimum absolute atomic E-state index is 0.0539. The van der Waals surface area contributed by atoms with Crippen molar-refractivity contribution in [2.75, 3.05) is 37.7 Å². The van der Waals surface area contributed by atoms with Crippen LogP contribution >= 0.6 is 22.7 Å². The van der Waals surface area contributed by atoms with E-state index in [1.165, 1.54) is 28.3 Å². The number of fused-ring (bicyclic) bond motifs is 1. The number of rotatable bonds is 9. The number of hydrogen-bond acceptors (Lipinski definition) is 9. The van der Waals surface area contributed by atoms with E-state index in [9.17, 15) is 14.4 Å². The van der Waals surface area contributed by atoms with Gasteiger partial charge in [0.2, 0.25) is 5.91 Å². The Bertz CT molecular complexity index is 1610. The Morgan fingerprint density at radius 3 is 2.57 bits per heavy atom. The Hall–Kier alpha value is -3.37. The normalized spacial score (nSPS) is 16.6. The molecular weight excluding hydrogens is 574 g/mol. The van der Waals surface area contributed by atoms with Crippen molar-refractivity contribution in [3.63, 3.8) is 0 Å². The van der Waals surface area contributed by atoms with Crippen LogP contribution in [0, 0.1) is 17.1 Å². The molecule has 1 amide bonds. The summed E-state index contributed by atoms with van der Waals surface area (Å²) in [5, 5.41) is 13.7. The van der Waals surface area contributed by atoms with Crippen LogP contribution in [-0.2, 0) is 16.0 Å². The van der Waals surface area contributed by atoms with E-state index in [1.54, 1.807) is 23.5 Å². The number of likely N-dealkylation sites (tertiary alicyclic amines) is 1. The fourth-order valence-corrected chi connectivity index (χ4v) is 7.78. The number of benzene rings is 1. The third-order valence-electron chi connectivity index (χ3n) is 7.87. The zero-order valence-corrected chi connectivity index (χ0v) is 25.6. The van der Waals surface area contributed by atoms with Gasteiger partial charge in [0.25, 0.3) is 0 Å². The quantitative estimate of drug-likeness (QED) is 0.275. The second-order valence-electron chi connectivity index (χ2n) is 11.1. The zero-order valence-electron chi connectivity index (χ0n) is 24.0. The van der Waals surface area contributed by atoms with Crippen molar-refractivity contribution in [2.45, 2.75) is 58.0 Å². The summed E-state index contributed by atoms with van der Waals surface area (Å²) in [5.74, 6) is 1.14. The number of carbonyl (C=O) groups excluding carboxylic acids is 1. The Labute approximate surface area is 252 Å². The number of nitrogens with one attached hydrogen (secondary N) is 1. The van der Waals surface area contributed by atoms with Gasteiger partial charge in [-0.05, 0) is 76.4 Å². The summed E-state index contributed by atoms with van der Waals surface area (Å²) in [6, 6.07) is 8.61. The molecular formula is C30H34FN7O2S2. The van der Waals surface area contributed by atoms with E-state index in [0.29, 0.717) is 46.9 Å². The van der Waals surface area contributed by atoms with Crippen LogP contribution in [0.25, 0.3) is 16.2 Å². The molecule has 2 aliphatic rings. The number of carbonyl (C=O) groups is 1. The third-order valence-corrected chi connectivity index (χ3v) is 9.97. The topological polar surface area (TPSA) is 98.8 Å². The van der Waals surface area contributed by atoms with Crippen molar-refractivity contribution in [1.29, 1.82) is 5.26 Å². The summed E-state index contributed by atoms with van der Waals surface area (Å²) < 4.78 is 20.9. The fraction of sp³-hybridized carbons (Fsp3) is 0.467. The SMILES string of the molecule is CCc1nc2sc(C3CCN(CC(=O)NC4COC4)CC3)cn2c1N(c1nc(-c2ccc(F)cc2)c(C#N)s1)C(C)C. The minimum Gasteiger partial charge on any atom is -0.377 e. The minimum atomic E-state index is -0.324. The average molecular weight is 608 g/mol. The van der Waals surface area contributed by atoms with Crippen LogP contribution < -0.4 is 10.2 Å². The lowest BCUT2D eigenvalue weighted by atomic mass is 9.96. The van der Waals surface area contributed by atoms with Crippen molar-refractivity contribution in [3.05, 3.63) is 51.7 Å². The van der Waals surface area contributed by atoms with Gasteiger partial charge < -0.3 is 10.1 Å². The van der Waals surface area contributed by atoms with Gasteiger partial charge in [-0.15, -0.1) is 11.3 Å². The second-order valence-corrected chi connectivity index (χ2v) is 13.1. The third kappa shape index (κ3) is 5.66. The van der Waals surface area contributed by atoms with E-state index < -0.39 is 0 Å². The van der Waals surface area contributed by atoms with E-state index in [2.05, 4.69) is 52.6 Å². The molecule has 0 saturated carbocycles. The highest BCUT2D eigenvalue weighted by Gasteiger charge is 2.30. The van der Waals surface area contributed by atoms with Crippen molar-refractivity contribution >= 4 is 44.5 Å². The van der Waals surface area contributed by atoms with Crippen LogP contribution in [-0.4, -0.2) is 70.1 Å². The van der Waals surface area contributed by atoms with Crippen molar-refractivity contribution in [1.82, 2.24) is 24.6 Å². The first-order valence-corrected chi connectivity index (χ1v) is 16.0. The largest absolute Gasteiger partial charge is 0.377 e. The van der Waals surface area contributed by atoms with Gasteiger partial charge in [-0.3, -0.25) is 19.0 Å². The number of nitriles is 1. The maximum absolute atomic E-state index is 13.6. The number of ether oxygens (including phenoxy) is 1. The van der Waals surface area contributed by atoms with Gasteiger partial charge in [-0.2, -0.15) is 5.26 Å². The number of nitrogens with zero attached hydrogens (tertiary/aromatic N) is 6. The summed E-state index contributed by atoms with van der Waals surface area (Å²) in [6.45, 7) is 9.75. The molecule has 42 heavy (non-hydrogen) atoms. The van der Waals surface area contributed by atoms with Crippen molar-refractivity contribution < 1.29 is 13.9 Å². The molecule has 0 atom stereocenters. The van der Waals surface area contributed by atoms with Gasteiger partial charge in [-0.25, -0.2) is 14.4 Å². The second kappa shape index (κ2) is 12.1. The smallest absolute Gasteiger partial charge is 0.234 e. The van der Waals surface area contributed by atoms with Gasteiger partial charge >= 0.3 is 0 Å². The van der Waals surface area contributed by atoms with Gasteiger partial charge in [0, 0.05) is 22.7 Å². The van der Waals surface area contributed by atoms with E-state index in [-0.39, 0.29) is 23.8 Å². The first-order chi connectivity index (χ1) is 20.3. The molecule has 6 rings (SSSR count). The predicted octanol–water partition coefficient (Wildman–Crippen LogP) is 5.33.